The van der Waals surface area contributed by atoms with Crippen LogP contribution in [0.1, 0.15) is 12.0 Å². The van der Waals surface area contributed by atoms with E-state index in [4.69, 9.17) is 16.3 Å². The molecule has 0 unspecified atom stereocenters. The molecule has 0 bridgehead atoms. The van der Waals surface area contributed by atoms with Crippen molar-refractivity contribution in [3.05, 3.63) is 53.1 Å². The minimum Gasteiger partial charge on any atom is -0.493 e. The standard InChI is InChI=1S/C15H14ClNO3S/c16-12-4-1-5-14(10-12)21(18,19)17-13-6-7-15-11(9-13)3-2-8-20-15/h1,4-7,9-10,17H,2-3,8H2. The zero-order chi connectivity index (χ0) is 14.9. The van der Waals surface area contributed by atoms with Gasteiger partial charge in [0, 0.05) is 10.7 Å². The van der Waals surface area contributed by atoms with E-state index >= 15 is 0 Å². The van der Waals surface area contributed by atoms with E-state index in [9.17, 15) is 8.42 Å². The summed E-state index contributed by atoms with van der Waals surface area (Å²) in [7, 11) is -3.64. The summed E-state index contributed by atoms with van der Waals surface area (Å²) >= 11 is 5.84. The van der Waals surface area contributed by atoms with Gasteiger partial charge in [-0.25, -0.2) is 8.42 Å². The Morgan fingerprint density at radius 3 is 2.81 bits per heavy atom. The number of benzene rings is 2. The van der Waals surface area contributed by atoms with Crippen molar-refractivity contribution in [2.24, 2.45) is 0 Å². The Labute approximate surface area is 128 Å². The van der Waals surface area contributed by atoms with Crippen LogP contribution < -0.4 is 9.46 Å². The molecule has 0 aliphatic carbocycles. The van der Waals surface area contributed by atoms with Gasteiger partial charge in [0.05, 0.1) is 11.5 Å². The van der Waals surface area contributed by atoms with Gasteiger partial charge in [-0.05, 0) is 54.8 Å². The highest BCUT2D eigenvalue weighted by atomic mass is 35.5. The molecule has 1 aliphatic rings. The summed E-state index contributed by atoms with van der Waals surface area (Å²) in [6.45, 7) is 0.709. The van der Waals surface area contributed by atoms with Gasteiger partial charge in [0.1, 0.15) is 5.75 Å². The molecule has 1 N–H and O–H groups in total. The Morgan fingerprint density at radius 2 is 2.00 bits per heavy atom. The summed E-state index contributed by atoms with van der Waals surface area (Å²) in [6.07, 6.45) is 1.83. The number of anilines is 1. The molecule has 0 saturated carbocycles. The largest absolute Gasteiger partial charge is 0.493 e. The molecule has 0 spiro atoms. The minimum atomic E-state index is -3.64. The van der Waals surface area contributed by atoms with Crippen molar-refractivity contribution < 1.29 is 13.2 Å². The first-order valence-electron chi connectivity index (χ1n) is 6.59. The molecule has 0 radical (unpaired) electrons. The van der Waals surface area contributed by atoms with Crippen molar-refractivity contribution in [3.63, 3.8) is 0 Å². The molecular formula is C15H14ClNO3S. The maximum Gasteiger partial charge on any atom is 0.261 e. The predicted octanol–water partition coefficient (Wildman–Crippen LogP) is 3.47. The van der Waals surface area contributed by atoms with E-state index in [2.05, 4.69) is 4.72 Å². The fourth-order valence-electron chi connectivity index (χ4n) is 2.27. The van der Waals surface area contributed by atoms with Crippen LogP contribution >= 0.6 is 11.6 Å². The lowest BCUT2D eigenvalue weighted by atomic mass is 10.1. The van der Waals surface area contributed by atoms with Crippen LogP contribution in [0, 0.1) is 0 Å². The third-order valence-corrected chi connectivity index (χ3v) is 4.88. The first-order valence-corrected chi connectivity index (χ1v) is 8.45. The van der Waals surface area contributed by atoms with Gasteiger partial charge in [-0.15, -0.1) is 0 Å². The second-order valence-corrected chi connectivity index (χ2v) is 6.96. The number of halogens is 1. The van der Waals surface area contributed by atoms with Crippen LogP contribution in [-0.2, 0) is 16.4 Å². The smallest absolute Gasteiger partial charge is 0.261 e. The van der Waals surface area contributed by atoms with Gasteiger partial charge < -0.3 is 4.74 Å². The third-order valence-electron chi connectivity index (χ3n) is 3.27. The topological polar surface area (TPSA) is 55.4 Å². The molecule has 2 aromatic carbocycles. The van der Waals surface area contributed by atoms with E-state index in [-0.39, 0.29) is 4.90 Å². The maximum absolute atomic E-state index is 12.3. The Morgan fingerprint density at radius 1 is 1.14 bits per heavy atom. The lowest BCUT2D eigenvalue weighted by Gasteiger charge is -2.18. The summed E-state index contributed by atoms with van der Waals surface area (Å²) < 4.78 is 32.7. The maximum atomic E-state index is 12.3. The summed E-state index contributed by atoms with van der Waals surface area (Å²) in [6, 6.07) is 11.5. The number of nitrogens with one attached hydrogen (secondary N) is 1. The number of ether oxygens (including phenoxy) is 1. The molecular weight excluding hydrogens is 310 g/mol. The van der Waals surface area contributed by atoms with E-state index in [1.165, 1.54) is 12.1 Å². The van der Waals surface area contributed by atoms with Gasteiger partial charge >= 0.3 is 0 Å². The Kier molecular flexibility index (Phi) is 3.78. The number of hydrogen-bond acceptors (Lipinski definition) is 3. The molecule has 0 atom stereocenters. The zero-order valence-corrected chi connectivity index (χ0v) is 12.7. The molecule has 2 aromatic rings. The van der Waals surface area contributed by atoms with Crippen molar-refractivity contribution in [1.82, 2.24) is 0 Å². The van der Waals surface area contributed by atoms with Crippen LogP contribution in [0.5, 0.6) is 5.75 Å². The van der Waals surface area contributed by atoms with Gasteiger partial charge in [0.15, 0.2) is 0 Å². The molecule has 0 saturated heterocycles. The highest BCUT2D eigenvalue weighted by Gasteiger charge is 2.16. The Balaban J connectivity index is 1.89. The Bertz CT molecular complexity index is 774. The molecule has 4 nitrogen and oxygen atoms in total. The molecule has 21 heavy (non-hydrogen) atoms. The van der Waals surface area contributed by atoms with Gasteiger partial charge in [-0.1, -0.05) is 17.7 Å². The van der Waals surface area contributed by atoms with Crippen LogP contribution in [0.25, 0.3) is 0 Å². The van der Waals surface area contributed by atoms with E-state index in [1.54, 1.807) is 24.3 Å². The van der Waals surface area contributed by atoms with E-state index in [0.29, 0.717) is 17.3 Å². The molecule has 110 valence electrons. The predicted molar refractivity (Wildman–Crippen MR) is 82.5 cm³/mol. The average Bonchev–Trinajstić information content (AvgIpc) is 2.47. The third kappa shape index (κ3) is 3.14. The molecule has 0 amide bonds. The summed E-state index contributed by atoms with van der Waals surface area (Å²) in [4.78, 5) is 0.143. The molecule has 1 aliphatic heterocycles. The minimum absolute atomic E-state index is 0.143. The lowest BCUT2D eigenvalue weighted by molar-refractivity contribution is 0.288. The monoisotopic (exact) mass is 323 g/mol. The number of sulfonamides is 1. The second kappa shape index (κ2) is 5.58. The van der Waals surface area contributed by atoms with Crippen LogP contribution in [-0.4, -0.2) is 15.0 Å². The van der Waals surface area contributed by atoms with Crippen molar-refractivity contribution >= 4 is 27.3 Å². The van der Waals surface area contributed by atoms with Gasteiger partial charge in [0.2, 0.25) is 0 Å². The van der Waals surface area contributed by atoms with Crippen LogP contribution in [0.3, 0.4) is 0 Å². The summed E-state index contributed by atoms with van der Waals surface area (Å²) in [5, 5.41) is 0.386. The normalized spacial score (nSPS) is 14.1. The SMILES string of the molecule is O=S(=O)(Nc1ccc2c(c1)CCCO2)c1cccc(Cl)c1. The zero-order valence-electron chi connectivity index (χ0n) is 11.2. The van der Waals surface area contributed by atoms with Gasteiger partial charge in [0.25, 0.3) is 10.0 Å². The van der Waals surface area contributed by atoms with Crippen LogP contribution in [0.15, 0.2) is 47.4 Å². The van der Waals surface area contributed by atoms with Gasteiger partial charge in [-0.3, -0.25) is 4.72 Å². The van der Waals surface area contributed by atoms with E-state index in [0.717, 1.165) is 24.2 Å². The Hall–Kier alpha value is -1.72. The fourth-order valence-corrected chi connectivity index (χ4v) is 3.62. The molecule has 0 fully saturated rings. The average molecular weight is 324 g/mol. The summed E-state index contributed by atoms with van der Waals surface area (Å²) in [5.74, 6) is 0.826. The van der Waals surface area contributed by atoms with Crippen molar-refractivity contribution in [2.45, 2.75) is 17.7 Å². The first-order chi connectivity index (χ1) is 10.0. The fraction of sp³-hybridized carbons (Fsp3) is 0.200. The summed E-state index contributed by atoms with van der Waals surface area (Å²) in [5.41, 5.74) is 1.55. The van der Waals surface area contributed by atoms with Crippen molar-refractivity contribution in [3.8, 4) is 5.75 Å². The molecule has 0 aromatic heterocycles. The van der Waals surface area contributed by atoms with Crippen molar-refractivity contribution in [1.29, 1.82) is 0 Å². The number of aryl methyl sites for hydroxylation is 1. The molecule has 3 rings (SSSR count). The molecule has 6 heteroatoms. The van der Waals surface area contributed by atoms with Crippen LogP contribution in [0.4, 0.5) is 5.69 Å². The van der Waals surface area contributed by atoms with Gasteiger partial charge in [-0.2, -0.15) is 0 Å². The van der Waals surface area contributed by atoms with E-state index in [1.807, 2.05) is 6.07 Å². The lowest BCUT2D eigenvalue weighted by Crippen LogP contribution is -2.14. The first kappa shape index (κ1) is 14.2. The van der Waals surface area contributed by atoms with E-state index < -0.39 is 10.0 Å². The number of hydrogen-bond donors (Lipinski definition) is 1. The second-order valence-electron chi connectivity index (χ2n) is 4.84. The van der Waals surface area contributed by atoms with Crippen molar-refractivity contribution in [2.75, 3.05) is 11.3 Å². The molecule has 1 heterocycles. The number of fused-ring (bicyclic) bond motifs is 1. The quantitative estimate of drug-likeness (QED) is 0.941. The highest BCUT2D eigenvalue weighted by molar-refractivity contribution is 7.92. The number of rotatable bonds is 3. The van der Waals surface area contributed by atoms with Crippen LogP contribution in [0.2, 0.25) is 5.02 Å². The highest BCUT2D eigenvalue weighted by Crippen LogP contribution is 2.28.